The van der Waals surface area contributed by atoms with E-state index in [9.17, 15) is 8.42 Å². The minimum absolute atomic E-state index is 0.328. The molecule has 0 amide bonds. The van der Waals surface area contributed by atoms with E-state index in [1.165, 1.54) is 6.26 Å². The van der Waals surface area contributed by atoms with Crippen LogP contribution in [0.5, 0.6) is 0 Å². The first-order chi connectivity index (χ1) is 7.82. The summed E-state index contributed by atoms with van der Waals surface area (Å²) in [6, 6.07) is 0. The Morgan fingerprint density at radius 3 is 2.29 bits per heavy atom. The maximum atomic E-state index is 11.8. The summed E-state index contributed by atoms with van der Waals surface area (Å²) in [6.45, 7) is 5.85. The van der Waals surface area contributed by atoms with Gasteiger partial charge in [0.2, 0.25) is 0 Å². The number of rotatable bonds is 4. The Morgan fingerprint density at radius 1 is 1.29 bits per heavy atom. The Morgan fingerprint density at radius 2 is 1.88 bits per heavy atom. The van der Waals surface area contributed by atoms with Crippen molar-refractivity contribution in [2.75, 3.05) is 18.6 Å². The van der Waals surface area contributed by atoms with Gasteiger partial charge in [-0.25, -0.2) is 13.4 Å². The molecule has 0 saturated heterocycles. The molecular weight excluding hydrogens is 236 g/mol. The van der Waals surface area contributed by atoms with E-state index in [0.29, 0.717) is 10.7 Å². The molecule has 5 heteroatoms. The molecule has 1 N–H and O–H groups in total. The van der Waals surface area contributed by atoms with Gasteiger partial charge < -0.3 is 5.32 Å². The number of pyridine rings is 1. The van der Waals surface area contributed by atoms with Gasteiger partial charge in [-0.05, 0) is 31.4 Å². The first-order valence-electron chi connectivity index (χ1n) is 5.70. The smallest absolute Gasteiger partial charge is 0.179 e. The summed E-state index contributed by atoms with van der Waals surface area (Å²) in [5, 5.41) is 2.86. The topological polar surface area (TPSA) is 59.1 Å². The summed E-state index contributed by atoms with van der Waals surface area (Å²) in [4.78, 5) is 4.68. The summed E-state index contributed by atoms with van der Waals surface area (Å²) in [6.07, 6.45) is 3.06. The maximum Gasteiger partial charge on any atom is 0.179 e. The van der Waals surface area contributed by atoms with Crippen LogP contribution in [0.1, 0.15) is 30.2 Å². The number of aromatic nitrogens is 1. The number of nitrogens with one attached hydrogen (secondary N) is 1. The molecule has 1 aromatic rings. The van der Waals surface area contributed by atoms with Crippen LogP contribution in [0.25, 0.3) is 0 Å². The lowest BCUT2D eigenvalue weighted by molar-refractivity contribution is 0.601. The average Bonchev–Trinajstić information content (AvgIpc) is 2.21. The number of nitrogens with zero attached hydrogens (tertiary/aromatic N) is 1. The van der Waals surface area contributed by atoms with E-state index in [1.54, 1.807) is 7.05 Å². The molecule has 0 saturated carbocycles. The molecule has 1 aromatic heterocycles. The van der Waals surface area contributed by atoms with Gasteiger partial charge in [0.1, 0.15) is 10.7 Å². The van der Waals surface area contributed by atoms with Crippen molar-refractivity contribution in [2.24, 2.45) is 0 Å². The number of aryl methyl sites for hydroxylation is 1. The van der Waals surface area contributed by atoms with Crippen LogP contribution >= 0.6 is 0 Å². The van der Waals surface area contributed by atoms with Crippen LogP contribution < -0.4 is 5.32 Å². The molecule has 1 rings (SSSR count). The number of hydrogen-bond donors (Lipinski definition) is 1. The van der Waals surface area contributed by atoms with Gasteiger partial charge in [-0.1, -0.05) is 13.3 Å². The molecule has 0 aliphatic carbocycles. The van der Waals surface area contributed by atoms with E-state index in [-0.39, 0.29) is 0 Å². The maximum absolute atomic E-state index is 11.8. The van der Waals surface area contributed by atoms with E-state index in [4.69, 9.17) is 0 Å². The van der Waals surface area contributed by atoms with Crippen molar-refractivity contribution in [3.05, 3.63) is 16.8 Å². The second-order valence-corrected chi connectivity index (χ2v) is 6.20. The lowest BCUT2D eigenvalue weighted by Crippen LogP contribution is -2.11. The van der Waals surface area contributed by atoms with Crippen molar-refractivity contribution < 1.29 is 8.42 Å². The van der Waals surface area contributed by atoms with Crippen molar-refractivity contribution in [1.82, 2.24) is 4.98 Å². The fraction of sp³-hybridized carbons (Fsp3) is 0.583. The number of sulfone groups is 1. The molecule has 0 spiro atoms. The normalized spacial score (nSPS) is 11.6. The lowest BCUT2D eigenvalue weighted by Gasteiger charge is -2.16. The largest absolute Gasteiger partial charge is 0.372 e. The third kappa shape index (κ3) is 2.77. The standard InChI is InChI=1S/C12H20N2O2S/c1-6-7-10-8(2)11(17(5,15)16)12(13-4)14-9(10)3/h6-7H2,1-5H3,(H,13,14). The van der Waals surface area contributed by atoms with Crippen LogP contribution in [0.15, 0.2) is 4.90 Å². The van der Waals surface area contributed by atoms with Gasteiger partial charge in [0.25, 0.3) is 0 Å². The minimum Gasteiger partial charge on any atom is -0.372 e. The zero-order chi connectivity index (χ0) is 13.2. The number of anilines is 1. The molecule has 0 radical (unpaired) electrons. The quantitative estimate of drug-likeness (QED) is 0.896. The first kappa shape index (κ1) is 14.0. The highest BCUT2D eigenvalue weighted by Crippen LogP contribution is 2.28. The van der Waals surface area contributed by atoms with Gasteiger partial charge in [-0.2, -0.15) is 0 Å². The molecule has 0 fully saturated rings. The summed E-state index contributed by atoms with van der Waals surface area (Å²) < 4.78 is 23.6. The third-order valence-electron chi connectivity index (χ3n) is 2.83. The van der Waals surface area contributed by atoms with Crippen molar-refractivity contribution in [2.45, 2.75) is 38.5 Å². The lowest BCUT2D eigenvalue weighted by atomic mass is 10.0. The van der Waals surface area contributed by atoms with Crippen LogP contribution in [0.2, 0.25) is 0 Å². The Labute approximate surface area is 103 Å². The Balaban J connectivity index is 3.62. The Hall–Kier alpha value is -1.10. The molecular formula is C12H20N2O2S. The highest BCUT2D eigenvalue weighted by atomic mass is 32.2. The van der Waals surface area contributed by atoms with Crippen molar-refractivity contribution in [3.8, 4) is 0 Å². The SMILES string of the molecule is CCCc1c(C)nc(NC)c(S(C)(=O)=O)c1C. The van der Waals surface area contributed by atoms with E-state index >= 15 is 0 Å². The zero-order valence-electron chi connectivity index (χ0n) is 11.1. The molecule has 1 heterocycles. The molecule has 17 heavy (non-hydrogen) atoms. The van der Waals surface area contributed by atoms with Crippen LogP contribution in [0, 0.1) is 13.8 Å². The molecule has 96 valence electrons. The van der Waals surface area contributed by atoms with Gasteiger partial charge >= 0.3 is 0 Å². The molecule has 0 bridgehead atoms. The highest BCUT2D eigenvalue weighted by Gasteiger charge is 2.21. The predicted molar refractivity (Wildman–Crippen MR) is 70.4 cm³/mol. The summed E-state index contributed by atoms with van der Waals surface area (Å²) in [5.41, 5.74) is 2.78. The molecule has 0 atom stereocenters. The van der Waals surface area contributed by atoms with Crippen molar-refractivity contribution >= 4 is 15.7 Å². The van der Waals surface area contributed by atoms with Gasteiger partial charge in [0, 0.05) is 19.0 Å². The molecule has 4 nitrogen and oxygen atoms in total. The van der Waals surface area contributed by atoms with Crippen LogP contribution in [-0.4, -0.2) is 26.7 Å². The van der Waals surface area contributed by atoms with Crippen LogP contribution in [-0.2, 0) is 16.3 Å². The summed E-state index contributed by atoms with van der Waals surface area (Å²) in [7, 11) is -1.57. The van der Waals surface area contributed by atoms with Crippen LogP contribution in [0.3, 0.4) is 0 Å². The van der Waals surface area contributed by atoms with E-state index in [1.807, 2.05) is 13.8 Å². The third-order valence-corrected chi connectivity index (χ3v) is 4.07. The van der Waals surface area contributed by atoms with E-state index in [0.717, 1.165) is 29.7 Å². The Kier molecular flexibility index (Phi) is 4.14. The molecule has 0 aromatic carbocycles. The minimum atomic E-state index is -3.26. The number of hydrogen-bond acceptors (Lipinski definition) is 4. The predicted octanol–water partition coefficient (Wildman–Crippen LogP) is 2.10. The summed E-state index contributed by atoms with van der Waals surface area (Å²) >= 11 is 0. The average molecular weight is 256 g/mol. The fourth-order valence-electron chi connectivity index (χ4n) is 2.11. The molecule has 0 unspecified atom stereocenters. The molecule has 0 aliphatic rings. The summed E-state index contributed by atoms with van der Waals surface area (Å²) in [5.74, 6) is 0.447. The van der Waals surface area contributed by atoms with E-state index in [2.05, 4.69) is 17.2 Å². The zero-order valence-corrected chi connectivity index (χ0v) is 11.9. The monoisotopic (exact) mass is 256 g/mol. The van der Waals surface area contributed by atoms with Crippen LogP contribution in [0.4, 0.5) is 5.82 Å². The molecule has 0 aliphatic heterocycles. The second-order valence-electron chi connectivity index (χ2n) is 4.25. The van der Waals surface area contributed by atoms with Gasteiger partial charge in [0.15, 0.2) is 9.84 Å². The highest BCUT2D eigenvalue weighted by molar-refractivity contribution is 7.91. The second kappa shape index (κ2) is 5.04. The Bertz CT molecular complexity index is 522. The fourth-order valence-corrected chi connectivity index (χ4v) is 3.29. The van der Waals surface area contributed by atoms with Gasteiger partial charge in [0.05, 0.1) is 0 Å². The van der Waals surface area contributed by atoms with Crippen molar-refractivity contribution in [1.29, 1.82) is 0 Å². The van der Waals surface area contributed by atoms with Gasteiger partial charge in [-0.15, -0.1) is 0 Å². The van der Waals surface area contributed by atoms with Gasteiger partial charge in [-0.3, -0.25) is 0 Å². The van der Waals surface area contributed by atoms with Crippen molar-refractivity contribution in [3.63, 3.8) is 0 Å². The first-order valence-corrected chi connectivity index (χ1v) is 7.59. The van der Waals surface area contributed by atoms with E-state index < -0.39 is 9.84 Å².